The molecule has 0 heterocycles. The predicted molar refractivity (Wildman–Crippen MR) is 106 cm³/mol. The molecule has 0 aromatic heterocycles. The second kappa shape index (κ2) is 8.99. The summed E-state index contributed by atoms with van der Waals surface area (Å²) in [6, 6.07) is 11.1. The zero-order valence-electron chi connectivity index (χ0n) is 15.8. The average molecular weight is 392 g/mol. The van der Waals surface area contributed by atoms with E-state index in [0.29, 0.717) is 18.5 Å². The molecule has 0 saturated heterocycles. The Hall–Kier alpha value is -2.41. The van der Waals surface area contributed by atoms with Gasteiger partial charge in [-0.25, -0.2) is 12.8 Å². The van der Waals surface area contributed by atoms with Crippen molar-refractivity contribution in [2.45, 2.75) is 26.7 Å². The number of amides is 1. The van der Waals surface area contributed by atoms with Gasteiger partial charge in [-0.2, -0.15) is 0 Å². The van der Waals surface area contributed by atoms with Gasteiger partial charge < -0.3 is 5.32 Å². The van der Waals surface area contributed by atoms with E-state index in [-0.39, 0.29) is 18.7 Å². The van der Waals surface area contributed by atoms with Crippen molar-refractivity contribution in [2.24, 2.45) is 0 Å². The van der Waals surface area contributed by atoms with Crippen LogP contribution in [-0.2, 0) is 22.9 Å². The summed E-state index contributed by atoms with van der Waals surface area (Å²) in [7, 11) is -3.53. The van der Waals surface area contributed by atoms with Gasteiger partial charge >= 0.3 is 0 Å². The molecule has 1 amide bonds. The van der Waals surface area contributed by atoms with Crippen molar-refractivity contribution in [3.8, 4) is 0 Å². The topological polar surface area (TPSA) is 66.5 Å². The lowest BCUT2D eigenvalue weighted by atomic mass is 10.0. The first-order chi connectivity index (χ1) is 12.8. The van der Waals surface area contributed by atoms with Crippen LogP contribution in [-0.4, -0.2) is 33.7 Å². The highest BCUT2D eigenvalue weighted by Gasteiger charge is 2.22. The van der Waals surface area contributed by atoms with Crippen LogP contribution in [0.5, 0.6) is 0 Å². The number of carbonyl (C=O) groups excluding carboxylic acids is 1. The third-order valence-corrected chi connectivity index (χ3v) is 5.47. The molecule has 0 unspecified atom stereocenters. The molecule has 0 aliphatic heterocycles. The molecule has 0 radical (unpaired) electrons. The molecule has 1 N–H and O–H groups in total. The van der Waals surface area contributed by atoms with E-state index in [4.69, 9.17) is 0 Å². The van der Waals surface area contributed by atoms with Crippen LogP contribution < -0.4 is 9.62 Å². The fraction of sp³-hybridized carbons (Fsp3) is 0.350. The number of anilines is 1. The van der Waals surface area contributed by atoms with Gasteiger partial charge in [-0.1, -0.05) is 38.1 Å². The number of carbonyl (C=O) groups is 1. The Morgan fingerprint density at radius 1 is 1.07 bits per heavy atom. The van der Waals surface area contributed by atoms with Gasteiger partial charge in [0.15, 0.2) is 0 Å². The Morgan fingerprint density at radius 2 is 1.67 bits per heavy atom. The Balaban J connectivity index is 2.21. The first kappa shape index (κ1) is 20.9. The normalized spacial score (nSPS) is 11.3. The number of benzene rings is 2. The summed E-state index contributed by atoms with van der Waals surface area (Å²) < 4.78 is 39.4. The van der Waals surface area contributed by atoms with E-state index < -0.39 is 21.7 Å². The van der Waals surface area contributed by atoms with Crippen LogP contribution in [0, 0.1) is 5.82 Å². The lowest BCUT2D eigenvalue weighted by Crippen LogP contribution is -2.39. The number of sulfonamides is 1. The van der Waals surface area contributed by atoms with Gasteiger partial charge in [0.05, 0.1) is 18.5 Å². The minimum Gasteiger partial charge on any atom is -0.350 e. The standard InChI is InChI=1S/C20H25FN2O3S/c1-4-15-8-6-9-16(5-2)19(15)23(27(3,25)26)13-12-22-20(24)17-10-7-11-18(21)14-17/h6-11,14H,4-5,12-13H2,1-3H3,(H,22,24). The summed E-state index contributed by atoms with van der Waals surface area (Å²) in [6.45, 7) is 4.17. The van der Waals surface area contributed by atoms with E-state index >= 15 is 0 Å². The van der Waals surface area contributed by atoms with Gasteiger partial charge in [0.1, 0.15) is 5.82 Å². The molecule has 27 heavy (non-hydrogen) atoms. The number of hydrogen-bond donors (Lipinski definition) is 1. The van der Waals surface area contributed by atoms with Crippen LogP contribution >= 0.6 is 0 Å². The zero-order chi connectivity index (χ0) is 20.0. The highest BCUT2D eigenvalue weighted by molar-refractivity contribution is 7.92. The van der Waals surface area contributed by atoms with Crippen LogP contribution in [0.25, 0.3) is 0 Å². The summed E-state index contributed by atoms with van der Waals surface area (Å²) >= 11 is 0. The molecular weight excluding hydrogens is 367 g/mol. The fourth-order valence-corrected chi connectivity index (χ4v) is 3.97. The van der Waals surface area contributed by atoms with Crippen LogP contribution in [0.1, 0.15) is 35.3 Å². The molecule has 2 rings (SSSR count). The summed E-state index contributed by atoms with van der Waals surface area (Å²) in [4.78, 5) is 12.2. The number of aryl methyl sites for hydroxylation is 2. The quantitative estimate of drug-likeness (QED) is 0.750. The third kappa shape index (κ3) is 5.29. The molecule has 2 aromatic carbocycles. The summed E-state index contributed by atoms with van der Waals surface area (Å²) in [5, 5.41) is 2.66. The number of hydrogen-bond acceptors (Lipinski definition) is 3. The van der Waals surface area contributed by atoms with Gasteiger partial charge in [0.25, 0.3) is 5.91 Å². The first-order valence-electron chi connectivity index (χ1n) is 8.90. The lowest BCUT2D eigenvalue weighted by molar-refractivity contribution is 0.0954. The van der Waals surface area contributed by atoms with E-state index in [2.05, 4.69) is 5.32 Å². The molecular formula is C20H25FN2O3S. The van der Waals surface area contributed by atoms with Crippen molar-refractivity contribution in [2.75, 3.05) is 23.7 Å². The predicted octanol–water partition coefficient (Wildman–Crippen LogP) is 3.15. The molecule has 7 heteroatoms. The average Bonchev–Trinajstić information content (AvgIpc) is 2.63. The minimum atomic E-state index is -3.53. The van der Waals surface area contributed by atoms with Gasteiger partial charge in [0, 0.05) is 12.1 Å². The van der Waals surface area contributed by atoms with Crippen molar-refractivity contribution in [3.05, 3.63) is 65.0 Å². The SMILES string of the molecule is CCc1cccc(CC)c1N(CCNC(=O)c1cccc(F)c1)S(C)(=O)=O. The molecule has 2 aromatic rings. The number of nitrogens with zero attached hydrogens (tertiary/aromatic N) is 1. The molecule has 0 aliphatic rings. The number of rotatable bonds is 8. The number of nitrogens with one attached hydrogen (secondary N) is 1. The molecule has 0 saturated carbocycles. The van der Waals surface area contributed by atoms with Crippen LogP contribution in [0.2, 0.25) is 0 Å². The zero-order valence-corrected chi connectivity index (χ0v) is 16.6. The maximum Gasteiger partial charge on any atom is 0.251 e. The molecule has 146 valence electrons. The van der Waals surface area contributed by atoms with E-state index in [0.717, 1.165) is 23.4 Å². The monoisotopic (exact) mass is 392 g/mol. The first-order valence-corrected chi connectivity index (χ1v) is 10.7. The van der Waals surface area contributed by atoms with Gasteiger partial charge in [-0.05, 0) is 42.2 Å². The van der Waals surface area contributed by atoms with Gasteiger partial charge in [-0.15, -0.1) is 0 Å². The van der Waals surface area contributed by atoms with Gasteiger partial charge in [-0.3, -0.25) is 9.10 Å². The van der Waals surface area contributed by atoms with Crippen molar-refractivity contribution in [3.63, 3.8) is 0 Å². The van der Waals surface area contributed by atoms with Crippen molar-refractivity contribution >= 4 is 21.6 Å². The lowest BCUT2D eigenvalue weighted by Gasteiger charge is -2.27. The molecule has 5 nitrogen and oxygen atoms in total. The van der Waals surface area contributed by atoms with Crippen molar-refractivity contribution < 1.29 is 17.6 Å². The Labute approximate surface area is 160 Å². The summed E-state index contributed by atoms with van der Waals surface area (Å²) in [5.41, 5.74) is 2.77. The largest absolute Gasteiger partial charge is 0.350 e. The Morgan fingerprint density at radius 3 is 2.19 bits per heavy atom. The Kier molecular flexibility index (Phi) is 6.96. The molecule has 0 aliphatic carbocycles. The molecule has 0 atom stereocenters. The van der Waals surface area contributed by atoms with Crippen LogP contribution in [0.15, 0.2) is 42.5 Å². The molecule has 0 spiro atoms. The highest BCUT2D eigenvalue weighted by atomic mass is 32.2. The van der Waals surface area contributed by atoms with Crippen molar-refractivity contribution in [1.29, 1.82) is 0 Å². The highest BCUT2D eigenvalue weighted by Crippen LogP contribution is 2.28. The van der Waals surface area contributed by atoms with Crippen LogP contribution in [0.3, 0.4) is 0 Å². The summed E-state index contributed by atoms with van der Waals surface area (Å²) in [6.07, 6.45) is 2.56. The van der Waals surface area contributed by atoms with E-state index in [1.165, 1.54) is 22.5 Å². The maximum atomic E-state index is 13.3. The second-order valence-electron chi connectivity index (χ2n) is 6.23. The smallest absolute Gasteiger partial charge is 0.251 e. The fourth-order valence-electron chi connectivity index (χ4n) is 2.98. The number of para-hydroxylation sites is 1. The molecule has 0 bridgehead atoms. The maximum absolute atomic E-state index is 13.3. The van der Waals surface area contributed by atoms with E-state index in [1.54, 1.807) is 0 Å². The van der Waals surface area contributed by atoms with E-state index in [1.807, 2.05) is 32.0 Å². The summed E-state index contributed by atoms with van der Waals surface area (Å²) in [5.74, 6) is -0.938. The van der Waals surface area contributed by atoms with E-state index in [9.17, 15) is 17.6 Å². The van der Waals surface area contributed by atoms with Crippen LogP contribution in [0.4, 0.5) is 10.1 Å². The second-order valence-corrected chi connectivity index (χ2v) is 8.14. The Bertz CT molecular complexity index is 891. The third-order valence-electron chi connectivity index (χ3n) is 4.30. The molecule has 0 fully saturated rings. The number of halogens is 1. The van der Waals surface area contributed by atoms with Crippen molar-refractivity contribution in [1.82, 2.24) is 5.32 Å². The minimum absolute atomic E-state index is 0.101. The van der Waals surface area contributed by atoms with Gasteiger partial charge in [0.2, 0.25) is 10.0 Å².